The predicted molar refractivity (Wildman–Crippen MR) is 181 cm³/mol. The molecule has 1 aromatic carbocycles. The third-order valence-electron chi connectivity index (χ3n) is 6.73. The first-order valence-corrected chi connectivity index (χ1v) is 15.8. The molecule has 0 unspecified atom stereocenters. The lowest BCUT2D eigenvalue weighted by Gasteiger charge is -2.05. The molecule has 1 N–H and O–H groups in total. The largest absolute Gasteiger partial charge is 0.462 e. The topological polar surface area (TPSA) is 55.0 Å². The number of carbonyl (C=O) groups is 1. The quantitative estimate of drug-likeness (QED) is 0.0935. The first-order chi connectivity index (χ1) is 20.0. The molecule has 0 saturated carbocycles. The maximum atomic E-state index is 11.2. The highest BCUT2D eigenvalue weighted by molar-refractivity contribution is 5.86. The first-order valence-electron chi connectivity index (χ1n) is 15.8. The summed E-state index contributed by atoms with van der Waals surface area (Å²) in [5.41, 5.74) is 2.77. The molecule has 0 atom stereocenters. The predicted octanol–water partition coefficient (Wildman–Crippen LogP) is 11.4. The minimum absolute atomic E-state index is 0.254. The zero-order valence-corrected chi connectivity index (χ0v) is 26.3. The molecule has 4 nitrogen and oxygen atoms in total. The van der Waals surface area contributed by atoms with Crippen molar-refractivity contribution in [3.8, 4) is 0 Å². The molecule has 0 saturated heterocycles. The van der Waals surface area contributed by atoms with E-state index in [0.717, 1.165) is 23.4 Å². The number of imidazole rings is 1. The number of unbranched alkanes of at least 4 members (excludes halogenated alkanes) is 15. The van der Waals surface area contributed by atoms with E-state index in [0.29, 0.717) is 12.2 Å². The highest BCUT2D eigenvalue weighted by Gasteiger charge is 2.01. The Kier molecular flexibility index (Phi) is 26.2. The van der Waals surface area contributed by atoms with Gasteiger partial charge in [-0.25, -0.2) is 9.78 Å². The molecule has 228 valence electrons. The normalized spacial score (nSPS) is 9.90. The van der Waals surface area contributed by atoms with Crippen LogP contribution in [0, 0.1) is 0 Å². The Morgan fingerprint density at radius 3 is 1.51 bits per heavy atom. The lowest BCUT2D eigenvalue weighted by molar-refractivity contribution is -0.139. The molecule has 0 radical (unpaired) electrons. The molecule has 0 amide bonds. The lowest BCUT2D eigenvalue weighted by Crippen LogP contribution is -2.05. The number of esters is 1. The fourth-order valence-electron chi connectivity index (χ4n) is 4.21. The summed E-state index contributed by atoms with van der Waals surface area (Å²) < 4.78 is 5.08. The monoisotopic (exact) mass is 562 g/mol. The maximum Gasteiger partial charge on any atom is 0.333 e. The summed E-state index contributed by atoms with van der Waals surface area (Å²) >= 11 is 0. The zero-order valence-electron chi connectivity index (χ0n) is 26.3. The number of carbonyl (C=O) groups excluding carboxylic acids is 1. The Morgan fingerprint density at radius 1 is 0.756 bits per heavy atom. The van der Waals surface area contributed by atoms with Crippen LogP contribution in [0.4, 0.5) is 0 Å². The molecule has 2 aromatic rings. The van der Waals surface area contributed by atoms with Crippen molar-refractivity contribution in [2.45, 2.75) is 117 Å². The van der Waals surface area contributed by atoms with E-state index in [1.807, 2.05) is 36.4 Å². The number of nitrogens with one attached hydrogen (secondary N) is 1. The minimum atomic E-state index is -0.254. The number of benzene rings is 1. The molecule has 0 spiro atoms. The van der Waals surface area contributed by atoms with E-state index in [9.17, 15) is 4.79 Å². The Labute approximate surface area is 252 Å². The van der Waals surface area contributed by atoms with Crippen molar-refractivity contribution in [2.75, 3.05) is 6.61 Å². The van der Waals surface area contributed by atoms with Crippen LogP contribution in [0.1, 0.15) is 134 Å². The van der Waals surface area contributed by atoms with Crippen LogP contribution in [-0.4, -0.2) is 22.5 Å². The molecular formula is C37H58N2O2. The number of hydrogen-bond acceptors (Lipinski definition) is 3. The average molecular weight is 563 g/mol. The van der Waals surface area contributed by atoms with Crippen LogP contribution in [0.25, 0.3) is 18.2 Å². The summed E-state index contributed by atoms with van der Waals surface area (Å²) in [6.45, 7) is 19.0. The molecule has 2 rings (SSSR count). The van der Waals surface area contributed by atoms with Crippen LogP contribution in [0.5, 0.6) is 0 Å². The highest BCUT2D eigenvalue weighted by Crippen LogP contribution is 2.14. The summed E-state index contributed by atoms with van der Waals surface area (Å²) in [5, 5.41) is 0. The van der Waals surface area contributed by atoms with Gasteiger partial charge in [-0.3, -0.25) is 0 Å². The molecule has 0 aliphatic heterocycles. The summed E-state index contributed by atoms with van der Waals surface area (Å²) in [5.74, 6) is 0.566. The number of aromatic amines is 1. The van der Waals surface area contributed by atoms with Gasteiger partial charge >= 0.3 is 5.97 Å². The van der Waals surface area contributed by atoms with Crippen molar-refractivity contribution < 1.29 is 9.53 Å². The lowest BCUT2D eigenvalue weighted by atomic mass is 10.0. The zero-order chi connectivity index (χ0) is 30.4. The minimum Gasteiger partial charge on any atom is -0.462 e. The van der Waals surface area contributed by atoms with Crippen molar-refractivity contribution in [3.05, 3.63) is 85.5 Å². The van der Waals surface area contributed by atoms with Crippen molar-refractivity contribution in [1.29, 1.82) is 0 Å². The molecule has 1 aromatic heterocycles. The van der Waals surface area contributed by atoms with Crippen LogP contribution in [0.15, 0.2) is 68.5 Å². The van der Waals surface area contributed by atoms with Crippen LogP contribution in [0.2, 0.25) is 0 Å². The van der Waals surface area contributed by atoms with E-state index >= 15 is 0 Å². The van der Waals surface area contributed by atoms with Gasteiger partial charge < -0.3 is 9.72 Å². The van der Waals surface area contributed by atoms with Crippen molar-refractivity contribution >= 4 is 24.2 Å². The van der Waals surface area contributed by atoms with Crippen LogP contribution < -0.4 is 0 Å². The van der Waals surface area contributed by atoms with Gasteiger partial charge in [0.15, 0.2) is 0 Å². The van der Waals surface area contributed by atoms with Gasteiger partial charge in [-0.2, -0.15) is 0 Å². The van der Waals surface area contributed by atoms with Gasteiger partial charge in [0.2, 0.25) is 0 Å². The molecule has 0 aliphatic rings. The molecule has 0 bridgehead atoms. The van der Waals surface area contributed by atoms with E-state index in [4.69, 9.17) is 4.74 Å². The van der Waals surface area contributed by atoms with Gasteiger partial charge in [-0.1, -0.05) is 166 Å². The molecule has 1 heterocycles. The maximum absolute atomic E-state index is 11.2. The number of nitrogens with zero attached hydrogens (tertiary/aromatic N) is 1. The fourth-order valence-corrected chi connectivity index (χ4v) is 4.21. The van der Waals surface area contributed by atoms with Crippen molar-refractivity contribution in [3.63, 3.8) is 0 Å². The third-order valence-corrected chi connectivity index (χ3v) is 6.73. The van der Waals surface area contributed by atoms with E-state index < -0.39 is 0 Å². The van der Waals surface area contributed by atoms with Crippen LogP contribution >= 0.6 is 0 Å². The Balaban J connectivity index is 0.000000753. The molecule has 0 fully saturated rings. The second-order valence-electron chi connectivity index (χ2n) is 10.4. The second kappa shape index (κ2) is 28.4. The van der Waals surface area contributed by atoms with Crippen LogP contribution in [-0.2, 0) is 9.53 Å². The third kappa shape index (κ3) is 23.3. The summed E-state index contributed by atoms with van der Waals surface area (Å²) in [4.78, 5) is 17.9. The Hall–Kier alpha value is -3.14. The summed E-state index contributed by atoms with van der Waals surface area (Å²) in [6, 6.07) is 8.02. The number of H-pyrrole nitrogens is 1. The van der Waals surface area contributed by atoms with E-state index in [2.05, 4.69) is 43.2 Å². The smallest absolute Gasteiger partial charge is 0.333 e. The van der Waals surface area contributed by atoms with E-state index in [1.165, 1.54) is 96.3 Å². The van der Waals surface area contributed by atoms with Crippen molar-refractivity contribution in [1.82, 2.24) is 9.97 Å². The summed E-state index contributed by atoms with van der Waals surface area (Å²) in [7, 11) is 0. The fraction of sp³-hybridized carbons (Fsp3) is 0.514. The highest BCUT2D eigenvalue weighted by atomic mass is 16.5. The second-order valence-corrected chi connectivity index (χ2v) is 10.4. The Morgan fingerprint density at radius 2 is 1.20 bits per heavy atom. The molecule has 0 aliphatic carbocycles. The van der Waals surface area contributed by atoms with Gasteiger partial charge in [0.25, 0.3) is 0 Å². The number of hydrogen-bond donors (Lipinski definition) is 1. The number of rotatable bonds is 21. The number of aromatic nitrogens is 2. The SMILES string of the molecule is C=C(C)C(=O)OCCCCCCCCCCCCCCCCCC.C=Cc1ccccc1C=C.C=Cc1ncc[nH]1. The average Bonchev–Trinajstić information content (AvgIpc) is 3.53. The summed E-state index contributed by atoms with van der Waals surface area (Å²) in [6.07, 6.45) is 30.5. The van der Waals surface area contributed by atoms with Crippen LogP contribution in [0.3, 0.4) is 0 Å². The van der Waals surface area contributed by atoms with E-state index in [-0.39, 0.29) is 5.97 Å². The van der Waals surface area contributed by atoms with Gasteiger partial charge in [-0.05, 0) is 30.5 Å². The van der Waals surface area contributed by atoms with Gasteiger partial charge in [0.05, 0.1) is 6.61 Å². The first kappa shape index (κ1) is 37.9. The van der Waals surface area contributed by atoms with Gasteiger partial charge in [0, 0.05) is 18.0 Å². The Bertz CT molecular complexity index is 903. The van der Waals surface area contributed by atoms with Gasteiger partial charge in [0.1, 0.15) is 5.82 Å². The molecule has 4 heteroatoms. The van der Waals surface area contributed by atoms with E-state index in [1.54, 1.807) is 25.4 Å². The van der Waals surface area contributed by atoms with Gasteiger partial charge in [-0.15, -0.1) is 0 Å². The standard InChI is InChI=1S/C22H42O2.C10H10.C5H6N2/c1-4-5-6-7-8-9-10-11-12-13-14-15-16-17-18-19-20-24-22(23)21(2)3;1-3-9-7-5-6-8-10(9)4-2;1-2-5-6-3-4-7-5/h2,4-20H2,1,3H3;3-8H,1-2H2;2-4H,1H2,(H,6,7). The van der Waals surface area contributed by atoms with Crippen molar-refractivity contribution in [2.24, 2.45) is 0 Å². The number of ether oxygens (including phenoxy) is 1. The molecule has 41 heavy (non-hydrogen) atoms. The molecular weight excluding hydrogens is 504 g/mol.